The van der Waals surface area contributed by atoms with Crippen LogP contribution in [0.3, 0.4) is 0 Å². The Kier molecular flexibility index (Phi) is 16.4. The minimum atomic E-state index is -3.15. The standard InChI is InChI=1S/C54H73Si.3ClH.Ti/c1-49(2,3)39-28-40(50(4,5)6)32-45(31-39)55(48-26-22-25-38(48)27-37-23-20-19-21-24-37,46-33-41(51(7,8)9)29-42(34-46)52(10,11)12)47-35-43(53(13,14)15)30-44(36-47)54(16,17)18;;;;/h19-26,28-36H,27H2,1-18H3;3*1H;/q;;;;+3/p-3. The van der Waals surface area contributed by atoms with Gasteiger partial charge in [-0.1, -0.05) is 0 Å². The van der Waals surface area contributed by atoms with E-state index in [2.05, 4.69) is 248 Å². The van der Waals surface area contributed by atoms with Crippen molar-refractivity contribution in [3.63, 3.8) is 0 Å². The molecule has 0 aliphatic heterocycles. The number of hydrogen-bond acceptors (Lipinski definition) is 0. The zero-order valence-electron chi connectivity index (χ0n) is 39.7. The summed E-state index contributed by atoms with van der Waals surface area (Å²) in [4.78, 5) is 0. The molecule has 0 spiro atoms. The normalized spacial score (nSPS) is 16.5. The largest absolute Gasteiger partial charge is 1.00 e. The van der Waals surface area contributed by atoms with Gasteiger partial charge in [0.25, 0.3) is 0 Å². The van der Waals surface area contributed by atoms with E-state index in [9.17, 15) is 0 Å². The first-order chi connectivity index (χ1) is 25.4. The van der Waals surface area contributed by atoms with Gasteiger partial charge in [0.05, 0.1) is 0 Å². The molecule has 318 valence electrons. The quantitative estimate of drug-likeness (QED) is 0.204. The molecule has 4 aromatic rings. The van der Waals surface area contributed by atoms with E-state index in [4.69, 9.17) is 0 Å². The van der Waals surface area contributed by atoms with Crippen LogP contribution in [-0.4, -0.2) is 8.07 Å². The van der Waals surface area contributed by atoms with Crippen molar-refractivity contribution < 1.29 is 57.7 Å². The van der Waals surface area contributed by atoms with Crippen molar-refractivity contribution in [2.45, 2.75) is 167 Å². The first-order valence-electron chi connectivity index (χ1n) is 21.1. The fourth-order valence-corrected chi connectivity index (χ4v) is 16.3. The summed E-state index contributed by atoms with van der Waals surface area (Å²) >= 11 is 2.62. The molecule has 0 saturated carbocycles. The van der Waals surface area contributed by atoms with Crippen molar-refractivity contribution in [1.82, 2.24) is 0 Å². The number of hydrogen-bond donors (Lipinski definition) is 0. The maximum Gasteiger partial charge on any atom is -1.00 e. The van der Waals surface area contributed by atoms with Crippen LogP contribution >= 0.6 is 0 Å². The first kappa shape index (κ1) is 53.3. The maximum atomic E-state index is 2.67. The predicted molar refractivity (Wildman–Crippen MR) is 246 cm³/mol. The van der Waals surface area contributed by atoms with E-state index in [0.29, 0.717) is 0 Å². The molecule has 0 heterocycles. The fourth-order valence-electron chi connectivity index (χ4n) is 8.24. The average molecular weight is 904 g/mol. The molecule has 1 aliphatic carbocycles. The summed E-state index contributed by atoms with van der Waals surface area (Å²) in [6, 6.07) is 34.7. The van der Waals surface area contributed by atoms with E-state index in [1.54, 1.807) is 0 Å². The van der Waals surface area contributed by atoms with Gasteiger partial charge in [-0.05, 0) is 0 Å². The Hall–Kier alpha value is -1.84. The van der Waals surface area contributed by atoms with Gasteiger partial charge in [-0.15, -0.1) is 0 Å². The van der Waals surface area contributed by atoms with Crippen LogP contribution in [-0.2, 0) is 59.3 Å². The zero-order chi connectivity index (χ0) is 42.1. The van der Waals surface area contributed by atoms with Gasteiger partial charge in [-0.2, -0.15) is 0 Å². The minimum Gasteiger partial charge on any atom is -1.00 e. The van der Waals surface area contributed by atoms with Crippen molar-refractivity contribution in [3.05, 3.63) is 148 Å². The number of rotatable bonds is 6. The monoisotopic (exact) mass is 902 g/mol. The Balaban J connectivity index is 0.00000400. The molecule has 0 nitrogen and oxygen atoms in total. The summed E-state index contributed by atoms with van der Waals surface area (Å²) in [5, 5.41) is 4.54. The molecule has 0 fully saturated rings. The van der Waals surface area contributed by atoms with E-state index < -0.39 is 8.07 Å². The summed E-state index contributed by atoms with van der Waals surface area (Å²) in [6.45, 7) is 43.2. The Morgan fingerprint density at radius 1 is 0.424 bits per heavy atom. The van der Waals surface area contributed by atoms with Crippen molar-refractivity contribution in [3.8, 4) is 0 Å². The van der Waals surface area contributed by atoms with Crippen LogP contribution in [0, 0.1) is 0 Å². The Bertz CT molecular complexity index is 1860. The zero-order valence-corrected chi connectivity index (χ0v) is 44.5. The second kappa shape index (κ2) is 18.1. The van der Waals surface area contributed by atoms with Crippen LogP contribution in [0.5, 0.6) is 0 Å². The molecule has 59 heavy (non-hydrogen) atoms. The van der Waals surface area contributed by atoms with Crippen LogP contribution in [0.4, 0.5) is 0 Å². The molecule has 1 unspecified atom stereocenters. The Morgan fingerprint density at radius 2 is 0.695 bits per heavy atom. The average Bonchev–Trinajstić information content (AvgIpc) is 3.43. The Labute approximate surface area is 393 Å². The third-order valence-corrected chi connectivity index (χ3v) is 19.9. The molecule has 0 amide bonds. The first-order valence-corrected chi connectivity index (χ1v) is 23.8. The summed E-state index contributed by atoms with van der Waals surface area (Å²) in [7, 11) is -3.15. The minimum absolute atomic E-state index is 0. The maximum absolute atomic E-state index is 3.15. The van der Waals surface area contributed by atoms with Gasteiger partial charge in [-0.3, -0.25) is 0 Å². The number of halogens is 3. The third kappa shape index (κ3) is 11.0. The van der Waals surface area contributed by atoms with Crippen LogP contribution in [0.2, 0.25) is 3.34 Å². The SMILES string of the molecule is CC(C)(C)c1cc(C(C)(C)C)cc([Si](c2cc(C(C)(C)C)cc(C(C)(C)C)c2)(c2cc(C(C)(C)C)cc(C(C)(C)C)c2)[C]2([Ti+3])C=CC=C2Cc2ccccc2)c1.[Cl-].[Cl-].[Cl-]. The molecule has 5 rings (SSSR count). The van der Waals surface area contributed by atoms with E-state index in [-0.39, 0.29) is 73.1 Å². The molecular formula is C54H73Cl3SiTi. The van der Waals surface area contributed by atoms with Crippen molar-refractivity contribution in [2.75, 3.05) is 0 Å². The van der Waals surface area contributed by atoms with E-state index in [0.717, 1.165) is 6.42 Å². The second-order valence-corrected chi connectivity index (χ2v) is 29.2. The van der Waals surface area contributed by atoms with E-state index in [1.807, 2.05) is 0 Å². The van der Waals surface area contributed by atoms with Crippen LogP contribution in [0.15, 0.2) is 109 Å². The van der Waals surface area contributed by atoms with Gasteiger partial charge in [-0.25, -0.2) is 0 Å². The summed E-state index contributed by atoms with van der Waals surface area (Å²) in [5.74, 6) is 0. The molecule has 0 saturated heterocycles. The predicted octanol–water partition coefficient (Wildman–Crippen LogP) is 3.94. The van der Waals surface area contributed by atoms with Crippen molar-refractivity contribution >= 4 is 23.6 Å². The van der Waals surface area contributed by atoms with E-state index in [1.165, 1.54) is 60.1 Å². The number of benzene rings is 4. The molecule has 0 N–H and O–H groups in total. The molecule has 0 radical (unpaired) electrons. The summed E-state index contributed by atoms with van der Waals surface area (Å²) < 4.78 is -0.286. The molecular weight excluding hydrogens is 831 g/mol. The Morgan fingerprint density at radius 3 is 0.949 bits per heavy atom. The van der Waals surface area contributed by atoms with Crippen LogP contribution in [0.25, 0.3) is 0 Å². The molecule has 4 aromatic carbocycles. The fraction of sp³-hybridized carbons (Fsp3) is 0.481. The molecule has 0 bridgehead atoms. The van der Waals surface area contributed by atoms with E-state index >= 15 is 0 Å². The summed E-state index contributed by atoms with van der Waals surface area (Å²) in [6.07, 6.45) is 8.41. The van der Waals surface area contributed by atoms with Gasteiger partial charge >= 0.3 is 359 Å². The van der Waals surface area contributed by atoms with Crippen LogP contribution in [0.1, 0.15) is 164 Å². The third-order valence-electron chi connectivity index (χ3n) is 12.3. The van der Waals surface area contributed by atoms with Gasteiger partial charge < -0.3 is 37.2 Å². The molecule has 5 heteroatoms. The second-order valence-electron chi connectivity index (χ2n) is 23.2. The van der Waals surface area contributed by atoms with Gasteiger partial charge in [0, 0.05) is 0 Å². The molecule has 1 aliphatic rings. The summed E-state index contributed by atoms with van der Waals surface area (Å²) in [5.41, 5.74) is 11.2. The number of allylic oxidation sites excluding steroid dienone is 4. The van der Waals surface area contributed by atoms with Gasteiger partial charge in [0.2, 0.25) is 0 Å². The van der Waals surface area contributed by atoms with Gasteiger partial charge in [0.15, 0.2) is 0 Å². The molecule has 1 atom stereocenters. The topological polar surface area (TPSA) is 0 Å². The van der Waals surface area contributed by atoms with Crippen LogP contribution < -0.4 is 52.8 Å². The smallest absolute Gasteiger partial charge is 1.00 e. The van der Waals surface area contributed by atoms with Gasteiger partial charge in [0.1, 0.15) is 0 Å². The van der Waals surface area contributed by atoms with Crippen molar-refractivity contribution in [1.29, 1.82) is 0 Å². The molecule has 0 aromatic heterocycles. The van der Waals surface area contributed by atoms with Crippen molar-refractivity contribution in [2.24, 2.45) is 0 Å².